The first-order chi connectivity index (χ1) is 8.60. The van der Waals surface area contributed by atoms with Crippen LogP contribution in [0.5, 0.6) is 0 Å². The van der Waals surface area contributed by atoms with E-state index in [1.807, 2.05) is 14.0 Å². The van der Waals surface area contributed by atoms with Crippen LogP contribution in [0.4, 0.5) is 0 Å². The summed E-state index contributed by atoms with van der Waals surface area (Å²) in [6.45, 7) is 2.78. The summed E-state index contributed by atoms with van der Waals surface area (Å²) in [5.41, 5.74) is -0.499. The second-order valence-electron chi connectivity index (χ2n) is 6.97. The van der Waals surface area contributed by atoms with Crippen LogP contribution in [0.3, 0.4) is 0 Å². The lowest BCUT2D eigenvalue weighted by Gasteiger charge is -2.40. The molecule has 2 N–H and O–H groups in total. The van der Waals surface area contributed by atoms with Gasteiger partial charge in [-0.25, -0.2) is 0 Å². The van der Waals surface area contributed by atoms with Crippen LogP contribution in [0.2, 0.25) is 0 Å². The first kappa shape index (κ1) is 12.9. The Morgan fingerprint density at radius 2 is 2.00 bits per heavy atom. The Balaban J connectivity index is 1.48. The van der Waals surface area contributed by atoms with Crippen molar-refractivity contribution in [2.45, 2.75) is 63.2 Å². The molecule has 3 nitrogen and oxygen atoms in total. The van der Waals surface area contributed by atoms with E-state index < -0.39 is 5.60 Å². The third-order valence-corrected chi connectivity index (χ3v) is 5.80. The SMILES string of the molecule is CO[C@@H]1C[C@H]2C[C@@H]1CC2NCC(C)(O)C1CCC1. The van der Waals surface area contributed by atoms with Crippen molar-refractivity contribution in [3.05, 3.63) is 0 Å². The molecule has 0 heterocycles. The van der Waals surface area contributed by atoms with Crippen molar-refractivity contribution >= 4 is 0 Å². The Hall–Kier alpha value is -0.120. The van der Waals surface area contributed by atoms with Crippen LogP contribution in [-0.4, -0.2) is 36.5 Å². The molecule has 2 unspecified atom stereocenters. The normalized spacial score (nSPS) is 42.8. The topological polar surface area (TPSA) is 41.5 Å². The van der Waals surface area contributed by atoms with Gasteiger partial charge in [-0.2, -0.15) is 0 Å². The van der Waals surface area contributed by atoms with Crippen LogP contribution in [-0.2, 0) is 4.74 Å². The zero-order valence-corrected chi connectivity index (χ0v) is 11.7. The van der Waals surface area contributed by atoms with E-state index in [0.29, 0.717) is 18.1 Å². The fraction of sp³-hybridized carbons (Fsp3) is 1.00. The van der Waals surface area contributed by atoms with Crippen LogP contribution in [0, 0.1) is 17.8 Å². The van der Waals surface area contributed by atoms with Gasteiger partial charge in [0, 0.05) is 19.7 Å². The summed E-state index contributed by atoms with van der Waals surface area (Å²) in [5.74, 6) is 2.05. The maximum atomic E-state index is 10.5. The number of nitrogens with one attached hydrogen (secondary N) is 1. The lowest BCUT2D eigenvalue weighted by atomic mass is 9.73. The number of aliphatic hydroxyl groups is 1. The predicted octanol–water partition coefficient (Wildman–Crippen LogP) is 1.94. The summed E-state index contributed by atoms with van der Waals surface area (Å²) in [6, 6.07) is 0.618. The summed E-state index contributed by atoms with van der Waals surface area (Å²) in [4.78, 5) is 0. The lowest BCUT2D eigenvalue weighted by Crippen LogP contribution is -2.50. The highest BCUT2D eigenvalue weighted by atomic mass is 16.5. The fourth-order valence-electron chi connectivity index (χ4n) is 4.27. The highest BCUT2D eigenvalue weighted by Crippen LogP contribution is 2.46. The molecule has 3 rings (SSSR count). The summed E-state index contributed by atoms with van der Waals surface area (Å²) in [6.07, 6.45) is 7.98. The van der Waals surface area contributed by atoms with Gasteiger partial charge < -0.3 is 15.2 Å². The number of hydrogen-bond acceptors (Lipinski definition) is 3. The van der Waals surface area contributed by atoms with Gasteiger partial charge >= 0.3 is 0 Å². The van der Waals surface area contributed by atoms with E-state index in [1.165, 1.54) is 38.5 Å². The van der Waals surface area contributed by atoms with E-state index in [2.05, 4.69) is 5.32 Å². The Kier molecular flexibility index (Phi) is 3.41. The quantitative estimate of drug-likeness (QED) is 0.787. The summed E-state index contributed by atoms with van der Waals surface area (Å²) in [7, 11) is 1.84. The molecule has 0 saturated heterocycles. The molecule has 3 aliphatic rings. The molecule has 0 aromatic carbocycles. The molecule has 18 heavy (non-hydrogen) atoms. The van der Waals surface area contributed by atoms with Gasteiger partial charge in [0.25, 0.3) is 0 Å². The van der Waals surface area contributed by atoms with Gasteiger partial charge in [0.05, 0.1) is 11.7 Å². The first-order valence-electron chi connectivity index (χ1n) is 7.58. The molecule has 3 aliphatic carbocycles. The Morgan fingerprint density at radius 3 is 2.50 bits per heavy atom. The van der Waals surface area contributed by atoms with E-state index in [4.69, 9.17) is 4.74 Å². The number of ether oxygens (including phenoxy) is 1. The van der Waals surface area contributed by atoms with E-state index in [9.17, 15) is 5.11 Å². The number of hydrogen-bond donors (Lipinski definition) is 2. The third-order valence-electron chi connectivity index (χ3n) is 5.80. The summed E-state index contributed by atoms with van der Waals surface area (Å²) in [5, 5.41) is 14.1. The van der Waals surface area contributed by atoms with Crippen molar-refractivity contribution in [1.29, 1.82) is 0 Å². The van der Waals surface area contributed by atoms with Gasteiger partial charge in [-0.15, -0.1) is 0 Å². The standard InChI is InChI=1S/C15H27NO2/c1-15(17,12-4-3-5-12)9-16-13-7-11-6-10(13)8-14(11)18-2/h10-14,16-17H,3-9H2,1-2H3/t10-,11-,13?,14-,15?/m1/s1. The minimum absolute atomic E-state index is 0.499. The van der Waals surface area contributed by atoms with Crippen molar-refractivity contribution in [1.82, 2.24) is 5.32 Å². The monoisotopic (exact) mass is 253 g/mol. The van der Waals surface area contributed by atoms with Gasteiger partial charge in [0.2, 0.25) is 0 Å². The summed E-state index contributed by atoms with van der Waals surface area (Å²) < 4.78 is 5.53. The zero-order valence-electron chi connectivity index (χ0n) is 11.7. The molecular weight excluding hydrogens is 226 g/mol. The van der Waals surface area contributed by atoms with Crippen LogP contribution in [0.15, 0.2) is 0 Å². The van der Waals surface area contributed by atoms with E-state index in [1.54, 1.807) is 0 Å². The number of fused-ring (bicyclic) bond motifs is 2. The fourth-order valence-corrected chi connectivity index (χ4v) is 4.27. The Bertz CT molecular complexity index is 301. The van der Waals surface area contributed by atoms with Gasteiger partial charge in [0.1, 0.15) is 0 Å². The lowest BCUT2D eigenvalue weighted by molar-refractivity contribution is -0.0371. The van der Waals surface area contributed by atoms with E-state index in [0.717, 1.165) is 18.4 Å². The maximum absolute atomic E-state index is 10.5. The van der Waals surface area contributed by atoms with Crippen LogP contribution in [0.1, 0.15) is 45.4 Å². The molecule has 0 spiro atoms. The average Bonchev–Trinajstić information content (AvgIpc) is 2.81. The molecular formula is C15H27NO2. The molecule has 0 aromatic heterocycles. The molecule has 5 atom stereocenters. The second kappa shape index (κ2) is 4.77. The Labute approximate surface area is 110 Å². The van der Waals surface area contributed by atoms with Gasteiger partial charge in [0.15, 0.2) is 0 Å². The third kappa shape index (κ3) is 2.21. The average molecular weight is 253 g/mol. The minimum atomic E-state index is -0.499. The number of methoxy groups -OCH3 is 1. The maximum Gasteiger partial charge on any atom is 0.0771 e. The molecule has 104 valence electrons. The molecule has 0 radical (unpaired) electrons. The summed E-state index contributed by atoms with van der Waals surface area (Å²) >= 11 is 0. The smallest absolute Gasteiger partial charge is 0.0771 e. The Morgan fingerprint density at radius 1 is 1.22 bits per heavy atom. The van der Waals surface area contributed by atoms with Crippen molar-refractivity contribution in [3.8, 4) is 0 Å². The highest BCUT2D eigenvalue weighted by Gasteiger charge is 2.46. The zero-order chi connectivity index (χ0) is 12.8. The number of rotatable bonds is 5. The predicted molar refractivity (Wildman–Crippen MR) is 71.4 cm³/mol. The van der Waals surface area contributed by atoms with Crippen LogP contribution in [0.25, 0.3) is 0 Å². The molecule has 3 fully saturated rings. The molecule has 0 amide bonds. The van der Waals surface area contributed by atoms with Crippen LogP contribution < -0.4 is 5.32 Å². The minimum Gasteiger partial charge on any atom is -0.389 e. The first-order valence-corrected chi connectivity index (χ1v) is 7.58. The molecule has 3 saturated carbocycles. The van der Waals surface area contributed by atoms with Crippen molar-refractivity contribution < 1.29 is 9.84 Å². The van der Waals surface area contributed by atoms with Gasteiger partial charge in [-0.05, 0) is 56.8 Å². The molecule has 0 aromatic rings. The second-order valence-corrected chi connectivity index (χ2v) is 6.97. The van der Waals surface area contributed by atoms with Gasteiger partial charge in [-0.3, -0.25) is 0 Å². The van der Waals surface area contributed by atoms with Gasteiger partial charge in [-0.1, -0.05) is 6.42 Å². The highest BCUT2D eigenvalue weighted by molar-refractivity contribution is 5.00. The molecule has 3 heteroatoms. The van der Waals surface area contributed by atoms with Crippen molar-refractivity contribution in [2.75, 3.05) is 13.7 Å². The van der Waals surface area contributed by atoms with Crippen molar-refractivity contribution in [2.24, 2.45) is 17.8 Å². The van der Waals surface area contributed by atoms with E-state index >= 15 is 0 Å². The molecule has 2 bridgehead atoms. The van der Waals surface area contributed by atoms with E-state index in [-0.39, 0.29) is 0 Å². The van der Waals surface area contributed by atoms with Crippen molar-refractivity contribution in [3.63, 3.8) is 0 Å². The largest absolute Gasteiger partial charge is 0.389 e. The van der Waals surface area contributed by atoms with Crippen LogP contribution >= 0.6 is 0 Å². The molecule has 0 aliphatic heterocycles.